The lowest BCUT2D eigenvalue weighted by atomic mass is 9.89. The summed E-state index contributed by atoms with van der Waals surface area (Å²) in [5.41, 5.74) is 7.28. The lowest BCUT2D eigenvalue weighted by Gasteiger charge is -2.19. The Hall–Kier alpha value is -1.85. The molecule has 74 valence electrons. The third-order valence-corrected chi connectivity index (χ3v) is 2.54. The van der Waals surface area contributed by atoms with Gasteiger partial charge in [0.05, 0.1) is 6.07 Å². The van der Waals surface area contributed by atoms with E-state index >= 15 is 0 Å². The number of nitriles is 1. The second-order valence-electron chi connectivity index (χ2n) is 3.72. The number of nitrogens with zero attached hydrogens (tertiary/aromatic N) is 1. The summed E-state index contributed by atoms with van der Waals surface area (Å²) in [6, 6.07) is 12.2. The lowest BCUT2D eigenvalue weighted by molar-refractivity contribution is 0.677. The summed E-state index contributed by atoms with van der Waals surface area (Å²) in [7, 11) is 0. The molecule has 1 atom stereocenters. The molecule has 0 saturated carbocycles. The van der Waals surface area contributed by atoms with Crippen molar-refractivity contribution in [2.45, 2.75) is 12.0 Å². The van der Waals surface area contributed by atoms with Crippen molar-refractivity contribution >= 4 is 5.57 Å². The fourth-order valence-electron chi connectivity index (χ4n) is 1.58. The van der Waals surface area contributed by atoms with Gasteiger partial charge in [0.25, 0.3) is 0 Å². The van der Waals surface area contributed by atoms with Gasteiger partial charge in [0.1, 0.15) is 5.54 Å². The van der Waals surface area contributed by atoms with Crippen LogP contribution in [0.4, 0.5) is 0 Å². The van der Waals surface area contributed by atoms with Crippen LogP contribution in [0, 0.1) is 11.3 Å². The molecule has 0 saturated heterocycles. The molecule has 1 unspecified atom stereocenters. The molecule has 1 aliphatic rings. The van der Waals surface area contributed by atoms with Crippen LogP contribution < -0.4 is 5.73 Å². The Balaban J connectivity index is 2.25. The van der Waals surface area contributed by atoms with Gasteiger partial charge in [-0.1, -0.05) is 42.5 Å². The number of rotatable bonds is 1. The standard InChI is InChI=1S/C13H12N2/c14-10-13(15)8-6-12(7-9-13)11-4-2-1-3-5-11/h1-8H,9,15H2. The van der Waals surface area contributed by atoms with E-state index in [1.165, 1.54) is 0 Å². The molecule has 2 nitrogen and oxygen atoms in total. The van der Waals surface area contributed by atoms with Gasteiger partial charge in [-0.3, -0.25) is 0 Å². The minimum Gasteiger partial charge on any atom is -0.310 e. The quantitative estimate of drug-likeness (QED) is 0.748. The van der Waals surface area contributed by atoms with E-state index < -0.39 is 5.54 Å². The first-order chi connectivity index (χ1) is 7.23. The Labute approximate surface area is 89.3 Å². The van der Waals surface area contributed by atoms with Crippen LogP contribution in [0.15, 0.2) is 48.6 Å². The van der Waals surface area contributed by atoms with Crippen LogP contribution in [0.2, 0.25) is 0 Å². The maximum Gasteiger partial charge on any atom is 0.126 e. The van der Waals surface area contributed by atoms with E-state index in [1.807, 2.05) is 42.5 Å². The maximum absolute atomic E-state index is 8.85. The van der Waals surface area contributed by atoms with Crippen LogP contribution in [-0.4, -0.2) is 5.54 Å². The largest absolute Gasteiger partial charge is 0.310 e. The van der Waals surface area contributed by atoms with E-state index in [-0.39, 0.29) is 0 Å². The summed E-state index contributed by atoms with van der Waals surface area (Å²) in [5, 5.41) is 8.85. The summed E-state index contributed by atoms with van der Waals surface area (Å²) in [5.74, 6) is 0. The molecule has 0 amide bonds. The molecule has 0 radical (unpaired) electrons. The van der Waals surface area contributed by atoms with E-state index in [9.17, 15) is 0 Å². The molecule has 0 heterocycles. The highest BCUT2D eigenvalue weighted by Crippen LogP contribution is 2.24. The Bertz CT molecular complexity index is 451. The average molecular weight is 196 g/mol. The Morgan fingerprint density at radius 3 is 2.53 bits per heavy atom. The molecule has 1 aromatic carbocycles. The molecule has 1 aromatic rings. The molecule has 0 bridgehead atoms. The van der Waals surface area contributed by atoms with E-state index in [4.69, 9.17) is 11.0 Å². The van der Waals surface area contributed by atoms with Gasteiger partial charge in [-0.25, -0.2) is 0 Å². The molecule has 1 aliphatic carbocycles. The molecule has 0 spiro atoms. The highest BCUT2D eigenvalue weighted by Gasteiger charge is 2.22. The van der Waals surface area contributed by atoms with Crippen molar-refractivity contribution in [3.63, 3.8) is 0 Å². The van der Waals surface area contributed by atoms with E-state index in [2.05, 4.69) is 6.07 Å². The van der Waals surface area contributed by atoms with E-state index in [1.54, 1.807) is 6.08 Å². The number of hydrogen-bond acceptors (Lipinski definition) is 2. The Morgan fingerprint density at radius 1 is 1.27 bits per heavy atom. The van der Waals surface area contributed by atoms with Gasteiger partial charge in [-0.05, 0) is 17.2 Å². The molecule has 2 heteroatoms. The number of nitrogens with two attached hydrogens (primary N) is 1. The zero-order valence-corrected chi connectivity index (χ0v) is 8.35. The molecule has 0 aromatic heterocycles. The zero-order valence-electron chi connectivity index (χ0n) is 8.35. The van der Waals surface area contributed by atoms with Gasteiger partial charge < -0.3 is 5.73 Å². The lowest BCUT2D eigenvalue weighted by Crippen LogP contribution is -2.36. The van der Waals surface area contributed by atoms with Crippen LogP contribution >= 0.6 is 0 Å². The van der Waals surface area contributed by atoms with Crippen molar-refractivity contribution in [2.75, 3.05) is 0 Å². The molecule has 0 fully saturated rings. The van der Waals surface area contributed by atoms with Crippen molar-refractivity contribution in [1.82, 2.24) is 0 Å². The third kappa shape index (κ3) is 1.98. The Kier molecular flexibility index (Phi) is 2.40. The van der Waals surface area contributed by atoms with Gasteiger partial charge in [0, 0.05) is 6.42 Å². The first-order valence-electron chi connectivity index (χ1n) is 4.88. The van der Waals surface area contributed by atoms with Crippen molar-refractivity contribution in [1.29, 1.82) is 5.26 Å². The summed E-state index contributed by atoms with van der Waals surface area (Å²) in [6.07, 6.45) is 6.28. The fourth-order valence-corrected chi connectivity index (χ4v) is 1.58. The van der Waals surface area contributed by atoms with Gasteiger partial charge in [0.2, 0.25) is 0 Å². The van der Waals surface area contributed by atoms with Crippen molar-refractivity contribution in [2.24, 2.45) is 5.73 Å². The fraction of sp³-hybridized carbons (Fsp3) is 0.154. The molecule has 15 heavy (non-hydrogen) atoms. The molecule has 2 N–H and O–H groups in total. The molecule has 0 aliphatic heterocycles. The summed E-state index contributed by atoms with van der Waals surface area (Å²) >= 11 is 0. The van der Waals surface area contributed by atoms with Gasteiger partial charge >= 0.3 is 0 Å². The minimum absolute atomic E-state index is 0.574. The maximum atomic E-state index is 8.85. The normalized spacial score (nSPS) is 24.4. The summed E-state index contributed by atoms with van der Waals surface area (Å²) < 4.78 is 0. The summed E-state index contributed by atoms with van der Waals surface area (Å²) in [6.45, 7) is 0. The van der Waals surface area contributed by atoms with Crippen molar-refractivity contribution in [3.8, 4) is 6.07 Å². The van der Waals surface area contributed by atoms with Crippen LogP contribution in [0.5, 0.6) is 0 Å². The second-order valence-corrected chi connectivity index (χ2v) is 3.72. The average Bonchev–Trinajstić information content (AvgIpc) is 2.31. The van der Waals surface area contributed by atoms with Gasteiger partial charge in [0.15, 0.2) is 0 Å². The van der Waals surface area contributed by atoms with Crippen molar-refractivity contribution in [3.05, 3.63) is 54.1 Å². The van der Waals surface area contributed by atoms with Crippen LogP contribution in [0.3, 0.4) is 0 Å². The third-order valence-electron chi connectivity index (χ3n) is 2.54. The van der Waals surface area contributed by atoms with Crippen LogP contribution in [0.25, 0.3) is 5.57 Å². The Morgan fingerprint density at radius 2 is 2.00 bits per heavy atom. The molecule has 2 rings (SSSR count). The monoisotopic (exact) mass is 196 g/mol. The van der Waals surface area contributed by atoms with E-state index in [0.29, 0.717) is 6.42 Å². The van der Waals surface area contributed by atoms with Gasteiger partial charge in [-0.2, -0.15) is 5.26 Å². The zero-order chi connectivity index (χ0) is 10.7. The molecular weight excluding hydrogens is 184 g/mol. The highest BCUT2D eigenvalue weighted by atomic mass is 14.7. The predicted octanol–water partition coefficient (Wildman–Crippen LogP) is 2.25. The van der Waals surface area contributed by atoms with Gasteiger partial charge in [-0.15, -0.1) is 0 Å². The molecular formula is C13H12N2. The second kappa shape index (κ2) is 3.72. The van der Waals surface area contributed by atoms with Crippen LogP contribution in [0.1, 0.15) is 12.0 Å². The minimum atomic E-state index is -0.821. The predicted molar refractivity (Wildman–Crippen MR) is 60.7 cm³/mol. The topological polar surface area (TPSA) is 49.8 Å². The SMILES string of the molecule is N#CC1(N)C=CC(c2ccccc2)=CC1. The first-order valence-corrected chi connectivity index (χ1v) is 4.88. The number of allylic oxidation sites excluding steroid dienone is 2. The smallest absolute Gasteiger partial charge is 0.126 e. The summed E-state index contributed by atoms with van der Waals surface area (Å²) in [4.78, 5) is 0. The first kappa shape index (κ1) is 9.70. The van der Waals surface area contributed by atoms with Crippen molar-refractivity contribution < 1.29 is 0 Å². The number of hydrogen-bond donors (Lipinski definition) is 1. The highest BCUT2D eigenvalue weighted by molar-refractivity contribution is 5.75. The van der Waals surface area contributed by atoms with E-state index in [0.717, 1.165) is 11.1 Å². The number of benzene rings is 1. The van der Waals surface area contributed by atoms with Crippen LogP contribution in [-0.2, 0) is 0 Å².